The molecule has 4 N–H and O–H groups in total. The average Bonchev–Trinajstić information content (AvgIpc) is 2.92. The molecule has 4 nitrogen and oxygen atoms in total. The van der Waals surface area contributed by atoms with Crippen LogP contribution in [0.25, 0.3) is 0 Å². The third kappa shape index (κ3) is 4.66. The maximum atomic E-state index is 13.1. The maximum Gasteiger partial charge on any atom is 0.223 e. The van der Waals surface area contributed by atoms with Crippen molar-refractivity contribution in [3.05, 3.63) is 35.6 Å². The van der Waals surface area contributed by atoms with Gasteiger partial charge in [-0.05, 0) is 43.0 Å². The van der Waals surface area contributed by atoms with Gasteiger partial charge in [-0.15, -0.1) is 12.4 Å². The highest BCUT2D eigenvalue weighted by Crippen LogP contribution is 2.31. The van der Waals surface area contributed by atoms with E-state index in [9.17, 15) is 14.3 Å². The summed E-state index contributed by atoms with van der Waals surface area (Å²) in [4.78, 5) is 12.1. The molecule has 1 saturated carbocycles. The lowest BCUT2D eigenvalue weighted by atomic mass is 9.95. The van der Waals surface area contributed by atoms with Gasteiger partial charge in [0.1, 0.15) is 5.82 Å². The first-order valence-corrected chi connectivity index (χ1v) is 7.03. The molecule has 21 heavy (non-hydrogen) atoms. The van der Waals surface area contributed by atoms with Gasteiger partial charge < -0.3 is 16.2 Å². The van der Waals surface area contributed by atoms with Crippen molar-refractivity contribution in [3.63, 3.8) is 0 Å². The molecule has 6 heteroatoms. The van der Waals surface area contributed by atoms with Gasteiger partial charge in [0.05, 0.1) is 6.10 Å². The van der Waals surface area contributed by atoms with Crippen LogP contribution in [0.3, 0.4) is 0 Å². The van der Waals surface area contributed by atoms with E-state index in [0.717, 1.165) is 19.3 Å². The van der Waals surface area contributed by atoms with Crippen molar-refractivity contribution in [2.75, 3.05) is 13.1 Å². The van der Waals surface area contributed by atoms with Crippen molar-refractivity contribution < 1.29 is 14.3 Å². The van der Waals surface area contributed by atoms with E-state index < -0.39 is 11.9 Å². The monoisotopic (exact) mass is 316 g/mol. The molecule has 0 aromatic heterocycles. The largest absolute Gasteiger partial charge is 0.387 e. The highest BCUT2D eigenvalue weighted by Gasteiger charge is 2.31. The van der Waals surface area contributed by atoms with E-state index in [1.807, 2.05) is 0 Å². The number of rotatable bonds is 5. The molecular weight excluding hydrogens is 295 g/mol. The minimum absolute atomic E-state index is 0. The number of benzene rings is 1. The molecule has 0 bridgehead atoms. The van der Waals surface area contributed by atoms with Gasteiger partial charge in [0, 0.05) is 12.5 Å². The summed E-state index contributed by atoms with van der Waals surface area (Å²) in [5.74, 6) is -0.277. The first-order chi connectivity index (χ1) is 9.61. The Bertz CT molecular complexity index is 473. The van der Waals surface area contributed by atoms with Gasteiger partial charge in [-0.25, -0.2) is 4.39 Å². The van der Waals surface area contributed by atoms with Crippen molar-refractivity contribution in [1.29, 1.82) is 0 Å². The smallest absolute Gasteiger partial charge is 0.223 e. The molecule has 3 atom stereocenters. The molecule has 1 aromatic rings. The molecule has 0 aliphatic heterocycles. The van der Waals surface area contributed by atoms with Crippen LogP contribution in [0, 0.1) is 17.7 Å². The number of hydrogen-bond donors (Lipinski definition) is 3. The van der Waals surface area contributed by atoms with Crippen LogP contribution in [0.5, 0.6) is 0 Å². The number of halogens is 2. The third-order valence-corrected chi connectivity index (χ3v) is 4.00. The molecule has 0 heterocycles. The molecule has 0 saturated heterocycles. The molecule has 118 valence electrons. The zero-order chi connectivity index (χ0) is 14.5. The van der Waals surface area contributed by atoms with Crippen LogP contribution in [-0.4, -0.2) is 24.1 Å². The van der Waals surface area contributed by atoms with Crippen LogP contribution in [0.1, 0.15) is 30.9 Å². The summed E-state index contributed by atoms with van der Waals surface area (Å²) in [6.45, 7) is 0.612. The van der Waals surface area contributed by atoms with E-state index in [2.05, 4.69) is 5.32 Å². The lowest BCUT2D eigenvalue weighted by Crippen LogP contribution is -2.37. The fourth-order valence-electron chi connectivity index (χ4n) is 2.82. The van der Waals surface area contributed by atoms with Gasteiger partial charge in [-0.2, -0.15) is 0 Å². The summed E-state index contributed by atoms with van der Waals surface area (Å²) in [6.07, 6.45) is 1.96. The second-order valence-electron chi connectivity index (χ2n) is 5.35. The summed E-state index contributed by atoms with van der Waals surface area (Å²) in [5.41, 5.74) is 6.12. The Hall–Kier alpha value is -1.17. The number of aliphatic hydroxyl groups is 1. The number of carbonyl (C=O) groups excluding carboxylic acids is 1. The second kappa shape index (κ2) is 8.32. The molecule has 1 aromatic carbocycles. The Labute approximate surface area is 130 Å². The SMILES string of the molecule is Cl.NC[C@H]1CCC[C@H]1C(=O)NCC(O)c1cccc(F)c1. The molecular formula is C15H22ClFN2O2. The third-order valence-electron chi connectivity index (χ3n) is 4.00. The van der Waals surface area contributed by atoms with Gasteiger partial charge in [0.2, 0.25) is 5.91 Å². The van der Waals surface area contributed by atoms with E-state index in [1.165, 1.54) is 18.2 Å². The van der Waals surface area contributed by atoms with Crippen LogP contribution < -0.4 is 11.1 Å². The highest BCUT2D eigenvalue weighted by molar-refractivity contribution is 5.85. The van der Waals surface area contributed by atoms with E-state index in [1.54, 1.807) is 6.07 Å². The second-order valence-corrected chi connectivity index (χ2v) is 5.35. The quantitative estimate of drug-likeness (QED) is 0.775. The van der Waals surface area contributed by atoms with Crippen molar-refractivity contribution in [3.8, 4) is 0 Å². The van der Waals surface area contributed by atoms with Gasteiger partial charge in [0.25, 0.3) is 0 Å². The van der Waals surface area contributed by atoms with Crippen molar-refractivity contribution in [1.82, 2.24) is 5.32 Å². The lowest BCUT2D eigenvalue weighted by Gasteiger charge is -2.19. The fraction of sp³-hybridized carbons (Fsp3) is 0.533. The standard InChI is InChI=1S/C15H21FN2O2.ClH/c16-12-5-1-3-10(7-12)14(19)9-18-15(20)13-6-2-4-11(13)8-17;/h1,3,5,7,11,13-14,19H,2,4,6,8-9,17H2,(H,18,20);1H/t11-,13-,14?;/m1./s1. The Morgan fingerprint density at radius 1 is 1.48 bits per heavy atom. The number of hydrogen-bond acceptors (Lipinski definition) is 3. The summed E-state index contributed by atoms with van der Waals surface area (Å²) in [6, 6.07) is 5.77. The van der Waals surface area contributed by atoms with Crippen LogP contribution in [-0.2, 0) is 4.79 Å². The molecule has 0 spiro atoms. The minimum atomic E-state index is -0.896. The van der Waals surface area contributed by atoms with Crippen molar-refractivity contribution in [2.24, 2.45) is 17.6 Å². The summed E-state index contributed by atoms with van der Waals surface area (Å²) in [5, 5.41) is 12.7. The number of nitrogens with one attached hydrogen (secondary N) is 1. The van der Waals surface area contributed by atoms with E-state index in [4.69, 9.17) is 5.73 Å². The van der Waals surface area contributed by atoms with Crippen LogP contribution in [0.15, 0.2) is 24.3 Å². The van der Waals surface area contributed by atoms with Gasteiger partial charge in [0.15, 0.2) is 0 Å². The van der Waals surface area contributed by atoms with Gasteiger partial charge in [-0.1, -0.05) is 18.6 Å². The first-order valence-electron chi connectivity index (χ1n) is 7.03. The maximum absolute atomic E-state index is 13.1. The van der Waals surface area contributed by atoms with Crippen molar-refractivity contribution >= 4 is 18.3 Å². The predicted molar refractivity (Wildman–Crippen MR) is 81.5 cm³/mol. The molecule has 1 aliphatic carbocycles. The van der Waals surface area contributed by atoms with E-state index in [0.29, 0.717) is 12.1 Å². The molecule has 2 rings (SSSR count). The predicted octanol–water partition coefficient (Wildman–Crippen LogP) is 1.77. The Morgan fingerprint density at radius 3 is 2.90 bits per heavy atom. The Balaban J connectivity index is 0.00000220. The number of aliphatic hydroxyl groups excluding tert-OH is 1. The zero-order valence-electron chi connectivity index (χ0n) is 11.8. The molecule has 1 unspecified atom stereocenters. The highest BCUT2D eigenvalue weighted by atomic mass is 35.5. The van der Waals surface area contributed by atoms with Gasteiger partial charge >= 0.3 is 0 Å². The molecule has 1 aliphatic rings. The number of amides is 1. The van der Waals surface area contributed by atoms with Crippen molar-refractivity contribution in [2.45, 2.75) is 25.4 Å². The van der Waals surface area contributed by atoms with Crippen LogP contribution in [0.4, 0.5) is 4.39 Å². The number of nitrogens with two attached hydrogens (primary N) is 1. The minimum Gasteiger partial charge on any atom is -0.387 e. The summed E-state index contributed by atoms with van der Waals surface area (Å²) in [7, 11) is 0. The lowest BCUT2D eigenvalue weighted by molar-refractivity contribution is -0.126. The molecule has 0 radical (unpaired) electrons. The topological polar surface area (TPSA) is 75.4 Å². The van der Waals surface area contributed by atoms with Crippen LogP contribution >= 0.6 is 12.4 Å². The van der Waals surface area contributed by atoms with Crippen LogP contribution in [0.2, 0.25) is 0 Å². The van der Waals surface area contributed by atoms with Gasteiger partial charge in [-0.3, -0.25) is 4.79 Å². The Kier molecular flexibility index (Phi) is 7.08. The molecule has 1 amide bonds. The average molecular weight is 317 g/mol. The number of carbonyl (C=O) groups is 1. The Morgan fingerprint density at radius 2 is 2.24 bits per heavy atom. The summed E-state index contributed by atoms with van der Waals surface area (Å²) < 4.78 is 13.1. The zero-order valence-corrected chi connectivity index (χ0v) is 12.6. The summed E-state index contributed by atoms with van der Waals surface area (Å²) >= 11 is 0. The first kappa shape index (κ1) is 17.9. The fourth-order valence-corrected chi connectivity index (χ4v) is 2.82. The molecule has 1 fully saturated rings. The van der Waals surface area contributed by atoms with E-state index >= 15 is 0 Å². The van der Waals surface area contributed by atoms with E-state index in [-0.39, 0.29) is 36.7 Å². The normalized spacial score (nSPS) is 22.4.